The summed E-state index contributed by atoms with van der Waals surface area (Å²) in [6.07, 6.45) is 0.428. The highest BCUT2D eigenvalue weighted by molar-refractivity contribution is 5.86. The summed E-state index contributed by atoms with van der Waals surface area (Å²) in [4.78, 5) is 29.3. The molecule has 2 aromatic carbocycles. The maximum Gasteiger partial charge on any atom is 0.249 e. The number of aromatic nitrogens is 1. The number of pyridine rings is 1. The van der Waals surface area contributed by atoms with Crippen LogP contribution in [0.5, 0.6) is 0 Å². The minimum absolute atomic E-state index is 0.0973. The third kappa shape index (κ3) is 6.61. The van der Waals surface area contributed by atoms with Crippen LogP contribution < -0.4 is 16.4 Å². The Bertz CT molecular complexity index is 1040. The van der Waals surface area contributed by atoms with Crippen molar-refractivity contribution in [3.05, 3.63) is 95.4 Å². The molecule has 0 bridgehead atoms. The molecule has 0 saturated heterocycles. The second-order valence-corrected chi connectivity index (χ2v) is 7.37. The lowest BCUT2D eigenvalue weighted by Crippen LogP contribution is -2.41. The van der Waals surface area contributed by atoms with Crippen LogP contribution in [0.15, 0.2) is 72.9 Å². The lowest BCUT2D eigenvalue weighted by Gasteiger charge is -2.19. The molecule has 0 radical (unpaired) electrons. The van der Waals surface area contributed by atoms with E-state index in [0.29, 0.717) is 11.4 Å². The van der Waals surface area contributed by atoms with Crippen molar-refractivity contribution in [1.29, 1.82) is 0 Å². The summed E-state index contributed by atoms with van der Waals surface area (Å²) in [6.45, 7) is 0.0997. The number of amides is 2. The van der Waals surface area contributed by atoms with Gasteiger partial charge in [0.2, 0.25) is 11.8 Å². The first-order chi connectivity index (χ1) is 15.4. The van der Waals surface area contributed by atoms with Gasteiger partial charge in [0.15, 0.2) is 0 Å². The number of hydrogen-bond acceptors (Lipinski definition) is 5. The number of carbonyl (C=O) groups is 2. The number of rotatable bonds is 9. The molecule has 2 atom stereocenters. The number of halogens is 1. The van der Waals surface area contributed by atoms with Crippen molar-refractivity contribution in [1.82, 2.24) is 15.6 Å². The number of anilines is 1. The lowest BCUT2D eigenvalue weighted by molar-refractivity contribution is -0.129. The van der Waals surface area contributed by atoms with Gasteiger partial charge in [-0.2, -0.15) is 0 Å². The van der Waals surface area contributed by atoms with Gasteiger partial charge in [-0.15, -0.1) is 0 Å². The molecule has 0 unspecified atom stereocenters. The zero-order valence-corrected chi connectivity index (χ0v) is 17.4. The normalized spacial score (nSPS) is 12.6. The van der Waals surface area contributed by atoms with E-state index < -0.39 is 29.7 Å². The van der Waals surface area contributed by atoms with Gasteiger partial charge in [0.25, 0.3) is 0 Å². The van der Waals surface area contributed by atoms with Crippen LogP contribution in [0, 0.1) is 5.82 Å². The van der Waals surface area contributed by atoms with Crippen LogP contribution in [0.1, 0.15) is 22.6 Å². The molecule has 8 heteroatoms. The Hall–Kier alpha value is -3.78. The molecule has 0 aliphatic carbocycles. The van der Waals surface area contributed by atoms with Crippen molar-refractivity contribution in [2.45, 2.75) is 25.0 Å². The molecule has 0 fully saturated rings. The smallest absolute Gasteiger partial charge is 0.249 e. The van der Waals surface area contributed by atoms with Gasteiger partial charge in [0, 0.05) is 25.7 Å². The van der Waals surface area contributed by atoms with Gasteiger partial charge >= 0.3 is 0 Å². The van der Waals surface area contributed by atoms with Crippen LogP contribution in [-0.2, 0) is 22.6 Å². The van der Waals surface area contributed by atoms with Gasteiger partial charge in [-0.1, -0.05) is 48.5 Å². The summed E-state index contributed by atoms with van der Waals surface area (Å²) >= 11 is 0. The van der Waals surface area contributed by atoms with E-state index in [0.717, 1.165) is 11.1 Å². The standard InChI is InChI=1S/C24H25FN4O3/c25-19-8-4-7-18(12-19)20(23(31)28-14-17-9-10-22(26)27-13-17)15-29-24(32)21(30)11-16-5-2-1-3-6-16/h1-10,12-13,20-21,30H,11,14-15H2,(H2,26,27)(H,28,31)(H,29,32)/t20-,21+/m0/s1. The average Bonchev–Trinajstić information content (AvgIpc) is 2.79. The lowest BCUT2D eigenvalue weighted by atomic mass is 9.97. The van der Waals surface area contributed by atoms with Crippen LogP contribution in [0.2, 0.25) is 0 Å². The quantitative estimate of drug-likeness (QED) is 0.409. The van der Waals surface area contributed by atoms with E-state index in [-0.39, 0.29) is 19.5 Å². The Kier molecular flexibility index (Phi) is 7.88. The van der Waals surface area contributed by atoms with Crippen molar-refractivity contribution < 1.29 is 19.1 Å². The summed E-state index contributed by atoms with van der Waals surface area (Å²) < 4.78 is 13.8. The third-order valence-electron chi connectivity index (χ3n) is 4.94. The second kappa shape index (κ2) is 11.0. The zero-order valence-electron chi connectivity index (χ0n) is 17.4. The van der Waals surface area contributed by atoms with E-state index in [9.17, 15) is 19.1 Å². The molecule has 1 aromatic heterocycles. The number of aliphatic hydroxyl groups excluding tert-OH is 1. The molecule has 3 aromatic rings. The van der Waals surface area contributed by atoms with Crippen molar-refractivity contribution in [3.8, 4) is 0 Å². The molecular formula is C24H25FN4O3. The summed E-state index contributed by atoms with van der Waals surface area (Å²) in [5.41, 5.74) is 7.54. The molecule has 0 spiro atoms. The van der Waals surface area contributed by atoms with Gasteiger partial charge in [-0.25, -0.2) is 9.37 Å². The molecule has 3 rings (SSSR count). The predicted octanol–water partition coefficient (Wildman–Crippen LogP) is 1.92. The number of carbonyl (C=O) groups excluding carboxylic acids is 2. The van der Waals surface area contributed by atoms with Gasteiger partial charge in [-0.05, 0) is 34.9 Å². The monoisotopic (exact) mass is 436 g/mol. The van der Waals surface area contributed by atoms with Gasteiger partial charge < -0.3 is 21.5 Å². The molecule has 0 aliphatic rings. The molecule has 166 valence electrons. The number of hydrogen-bond donors (Lipinski definition) is 4. The Balaban J connectivity index is 1.65. The van der Waals surface area contributed by atoms with Crippen LogP contribution in [0.25, 0.3) is 0 Å². The zero-order chi connectivity index (χ0) is 22.9. The fraction of sp³-hybridized carbons (Fsp3) is 0.208. The van der Waals surface area contributed by atoms with Crippen molar-refractivity contribution in [2.24, 2.45) is 0 Å². The Morgan fingerprint density at radius 1 is 0.969 bits per heavy atom. The topological polar surface area (TPSA) is 117 Å². The van der Waals surface area contributed by atoms with Crippen molar-refractivity contribution >= 4 is 17.6 Å². The molecule has 2 amide bonds. The van der Waals surface area contributed by atoms with Crippen LogP contribution in [-0.4, -0.2) is 34.6 Å². The number of nitrogens with two attached hydrogens (primary N) is 1. The first-order valence-electron chi connectivity index (χ1n) is 10.2. The maximum atomic E-state index is 13.8. The van der Waals surface area contributed by atoms with Gasteiger partial charge in [0.1, 0.15) is 17.7 Å². The number of nitrogens with one attached hydrogen (secondary N) is 2. The minimum Gasteiger partial charge on any atom is -0.384 e. The van der Waals surface area contributed by atoms with Crippen molar-refractivity contribution in [2.75, 3.05) is 12.3 Å². The van der Waals surface area contributed by atoms with E-state index in [4.69, 9.17) is 5.73 Å². The maximum absolute atomic E-state index is 13.8. The molecule has 32 heavy (non-hydrogen) atoms. The molecular weight excluding hydrogens is 411 g/mol. The Morgan fingerprint density at radius 3 is 2.44 bits per heavy atom. The van der Waals surface area contributed by atoms with E-state index in [1.165, 1.54) is 18.2 Å². The average molecular weight is 436 g/mol. The molecule has 0 saturated carbocycles. The van der Waals surface area contributed by atoms with Crippen molar-refractivity contribution in [3.63, 3.8) is 0 Å². The molecule has 1 heterocycles. The van der Waals surface area contributed by atoms with E-state index in [2.05, 4.69) is 15.6 Å². The number of nitrogen functional groups attached to an aromatic ring is 1. The fourth-order valence-electron chi connectivity index (χ4n) is 3.19. The van der Waals surface area contributed by atoms with Gasteiger partial charge in [-0.3, -0.25) is 9.59 Å². The highest BCUT2D eigenvalue weighted by Gasteiger charge is 2.24. The number of aliphatic hydroxyl groups is 1. The van der Waals surface area contributed by atoms with Gasteiger partial charge in [0.05, 0.1) is 5.92 Å². The van der Waals surface area contributed by atoms with E-state index in [1.807, 2.05) is 30.3 Å². The predicted molar refractivity (Wildman–Crippen MR) is 119 cm³/mol. The van der Waals surface area contributed by atoms with Crippen LogP contribution in [0.3, 0.4) is 0 Å². The summed E-state index contributed by atoms with van der Waals surface area (Å²) in [7, 11) is 0. The Labute approximate surface area is 185 Å². The Morgan fingerprint density at radius 2 is 1.75 bits per heavy atom. The van der Waals surface area contributed by atoms with Crippen LogP contribution >= 0.6 is 0 Å². The summed E-state index contributed by atoms with van der Waals surface area (Å²) in [6, 6.07) is 18.1. The largest absolute Gasteiger partial charge is 0.384 e. The third-order valence-corrected chi connectivity index (χ3v) is 4.94. The fourth-order valence-corrected chi connectivity index (χ4v) is 3.19. The first-order valence-corrected chi connectivity index (χ1v) is 10.2. The SMILES string of the molecule is Nc1ccc(CNC(=O)[C@@H](CNC(=O)[C@H](O)Cc2ccccc2)c2cccc(F)c2)cn1. The molecule has 0 aliphatic heterocycles. The van der Waals surface area contributed by atoms with E-state index >= 15 is 0 Å². The number of nitrogens with zero attached hydrogens (tertiary/aromatic N) is 1. The minimum atomic E-state index is -1.27. The van der Waals surface area contributed by atoms with Crippen LogP contribution in [0.4, 0.5) is 10.2 Å². The summed E-state index contributed by atoms with van der Waals surface area (Å²) in [5, 5.41) is 15.6. The summed E-state index contributed by atoms with van der Waals surface area (Å²) in [5.74, 6) is -1.97. The molecule has 7 nitrogen and oxygen atoms in total. The highest BCUT2D eigenvalue weighted by Crippen LogP contribution is 2.17. The van der Waals surface area contributed by atoms with E-state index in [1.54, 1.807) is 24.4 Å². The second-order valence-electron chi connectivity index (χ2n) is 7.37. The highest BCUT2D eigenvalue weighted by atomic mass is 19.1. The number of benzene rings is 2. The molecule has 5 N–H and O–H groups in total. The first kappa shape index (κ1) is 22.9.